The van der Waals surface area contributed by atoms with Gasteiger partial charge < -0.3 is 29.7 Å². The molecular weight excluding hydrogens is 716 g/mol. The summed E-state index contributed by atoms with van der Waals surface area (Å²) in [6.07, 6.45) is -1.07. The van der Waals surface area contributed by atoms with Gasteiger partial charge in [0.15, 0.2) is 23.8 Å². The molecule has 1 saturated heterocycles. The minimum Gasteiger partial charge on any atom is -0.494 e. The van der Waals surface area contributed by atoms with Crippen LogP contribution in [0.3, 0.4) is 0 Å². The summed E-state index contributed by atoms with van der Waals surface area (Å²) in [5, 5.41) is 15.6. The summed E-state index contributed by atoms with van der Waals surface area (Å²) in [5.41, 5.74) is -0.797. The second-order valence-corrected chi connectivity index (χ2v) is 14.9. The van der Waals surface area contributed by atoms with Crippen LogP contribution in [0.5, 0.6) is 11.5 Å². The van der Waals surface area contributed by atoms with Gasteiger partial charge in [-0.2, -0.15) is 5.26 Å². The van der Waals surface area contributed by atoms with E-state index in [1.165, 1.54) is 25.3 Å². The van der Waals surface area contributed by atoms with Crippen LogP contribution in [-0.2, 0) is 15.1 Å². The lowest BCUT2D eigenvalue weighted by molar-refractivity contribution is -0.135. The number of nitrogens with zero attached hydrogens (tertiary/aromatic N) is 2. The minimum atomic E-state index is -3.37. The van der Waals surface area contributed by atoms with Gasteiger partial charge in [-0.05, 0) is 51.3 Å². The van der Waals surface area contributed by atoms with E-state index in [2.05, 4.69) is 15.4 Å². The number of rotatable bonds is 11. The Hall–Kier alpha value is -4.54. The van der Waals surface area contributed by atoms with Gasteiger partial charge in [-0.3, -0.25) is 4.79 Å². The molecule has 14 heteroatoms. The summed E-state index contributed by atoms with van der Waals surface area (Å²) >= 11 is 6.59. The van der Waals surface area contributed by atoms with Crippen LogP contribution < -0.4 is 20.1 Å². The number of alkyl carbamates (subject to hydrolysis) is 1. The van der Waals surface area contributed by atoms with E-state index in [0.29, 0.717) is 31.5 Å². The highest BCUT2D eigenvalue weighted by atomic mass is 35.5. The third-order valence-corrected chi connectivity index (χ3v) is 10.1. The Morgan fingerprint density at radius 2 is 1.77 bits per heavy atom. The number of benzene rings is 3. The minimum absolute atomic E-state index is 0.0112. The highest BCUT2D eigenvalue weighted by molar-refractivity contribution is 6.34. The molecule has 5 rings (SSSR count). The van der Waals surface area contributed by atoms with Crippen LogP contribution in [0, 0.1) is 23.0 Å². The SMILES string of the molecule is COc1ccc(C#N)c(-c2c(Cl)c(F)cc3c2C(C)C(CNC2CCN(C(=O)CCC(F)(F)COC(=O)NC(C)(C)C)CC2)(c2ccccc2)O3)c1F. The van der Waals surface area contributed by atoms with Gasteiger partial charge in [0.1, 0.15) is 11.6 Å². The number of carbonyl (C=O) groups excluding carboxylic acids is 2. The molecule has 53 heavy (non-hydrogen) atoms. The van der Waals surface area contributed by atoms with Gasteiger partial charge in [-0.15, -0.1) is 0 Å². The summed E-state index contributed by atoms with van der Waals surface area (Å²) in [6.45, 7) is 6.73. The van der Waals surface area contributed by atoms with Crippen molar-refractivity contribution in [3.05, 3.63) is 81.9 Å². The van der Waals surface area contributed by atoms with E-state index < -0.39 is 66.1 Å². The van der Waals surface area contributed by atoms with Crippen LogP contribution >= 0.6 is 11.6 Å². The lowest BCUT2D eigenvalue weighted by Crippen LogP contribution is -2.51. The molecule has 2 N–H and O–H groups in total. The first-order chi connectivity index (χ1) is 25.0. The van der Waals surface area contributed by atoms with Crippen molar-refractivity contribution in [2.75, 3.05) is 33.4 Å². The van der Waals surface area contributed by atoms with Gasteiger partial charge in [0.25, 0.3) is 5.92 Å². The molecule has 9 nitrogen and oxygen atoms in total. The molecule has 2 atom stereocenters. The molecule has 2 heterocycles. The number of halogens is 5. The van der Waals surface area contributed by atoms with E-state index in [0.717, 1.165) is 5.56 Å². The average molecular weight is 759 g/mol. The first kappa shape index (κ1) is 39.7. The molecule has 284 valence electrons. The molecule has 2 unspecified atom stereocenters. The van der Waals surface area contributed by atoms with Gasteiger partial charge in [0.2, 0.25) is 5.91 Å². The van der Waals surface area contributed by atoms with Crippen molar-refractivity contribution in [2.45, 2.75) is 82.4 Å². The summed E-state index contributed by atoms with van der Waals surface area (Å²) in [7, 11) is 1.29. The molecule has 2 aliphatic rings. The van der Waals surface area contributed by atoms with Crippen LogP contribution in [0.4, 0.5) is 22.4 Å². The Labute approximate surface area is 311 Å². The van der Waals surface area contributed by atoms with Gasteiger partial charge >= 0.3 is 6.09 Å². The Balaban J connectivity index is 1.30. The van der Waals surface area contributed by atoms with Crippen LogP contribution in [0.25, 0.3) is 11.1 Å². The smallest absolute Gasteiger partial charge is 0.407 e. The fraction of sp³-hybridized carbons (Fsp3) is 0.462. The van der Waals surface area contributed by atoms with E-state index in [9.17, 15) is 23.6 Å². The van der Waals surface area contributed by atoms with Crippen molar-refractivity contribution in [1.29, 1.82) is 5.26 Å². The summed E-state index contributed by atoms with van der Waals surface area (Å²) in [6, 6.07) is 15.1. The van der Waals surface area contributed by atoms with Crippen molar-refractivity contribution >= 4 is 23.6 Å². The molecule has 2 amide bonds. The normalized spacial score (nSPS) is 18.9. The zero-order valence-corrected chi connectivity index (χ0v) is 31.0. The van der Waals surface area contributed by atoms with Crippen LogP contribution in [0.1, 0.15) is 76.0 Å². The van der Waals surface area contributed by atoms with Crippen molar-refractivity contribution in [2.24, 2.45) is 0 Å². The molecule has 1 fully saturated rings. The molecule has 0 aliphatic carbocycles. The van der Waals surface area contributed by atoms with E-state index in [1.807, 2.05) is 43.3 Å². The van der Waals surface area contributed by atoms with E-state index in [4.69, 9.17) is 21.1 Å². The Kier molecular flexibility index (Phi) is 11.8. The van der Waals surface area contributed by atoms with Crippen LogP contribution in [0.2, 0.25) is 5.02 Å². The molecule has 0 bridgehead atoms. The van der Waals surface area contributed by atoms with Crippen molar-refractivity contribution in [3.63, 3.8) is 0 Å². The number of piperidine rings is 1. The molecule has 3 aromatic rings. The Morgan fingerprint density at radius 1 is 1.09 bits per heavy atom. The van der Waals surface area contributed by atoms with Crippen molar-refractivity contribution in [1.82, 2.24) is 15.5 Å². The molecule has 0 radical (unpaired) electrons. The fourth-order valence-corrected chi connectivity index (χ4v) is 7.18. The molecule has 2 aliphatic heterocycles. The maximum Gasteiger partial charge on any atom is 0.407 e. The number of carbonyl (C=O) groups is 2. The molecule has 0 aromatic heterocycles. The second kappa shape index (κ2) is 15.8. The van der Waals surface area contributed by atoms with Crippen LogP contribution in [-0.4, -0.2) is 67.8 Å². The summed E-state index contributed by atoms with van der Waals surface area (Å²) < 4.78 is 76.9. The van der Waals surface area contributed by atoms with E-state index in [-0.39, 0.29) is 45.8 Å². The van der Waals surface area contributed by atoms with Gasteiger partial charge in [-0.1, -0.05) is 48.9 Å². The second-order valence-electron chi connectivity index (χ2n) is 14.5. The standard InChI is InChI=1S/C39H43ClF4N4O5/c1-23-31-29(19-27(41)34(40)33(31)32-24(20-45)11-12-28(51-5)35(32)42)53-39(23,25-9-7-6-8-10-25)21-46-26-14-17-48(18-15-26)30(49)13-16-38(43,44)22-52-36(50)47-37(2,3)4/h6-12,19,23,26,46H,13-18,21-22H2,1-5H3,(H,47,50). The molecule has 3 aromatic carbocycles. The van der Waals surface area contributed by atoms with Crippen molar-refractivity contribution < 1.29 is 41.4 Å². The summed E-state index contributed by atoms with van der Waals surface area (Å²) in [5.74, 6) is -6.00. The number of fused-ring (bicyclic) bond motifs is 1. The van der Waals surface area contributed by atoms with Gasteiger partial charge in [0, 0.05) is 72.7 Å². The first-order valence-corrected chi connectivity index (χ1v) is 17.8. The van der Waals surface area contributed by atoms with E-state index in [1.54, 1.807) is 25.7 Å². The van der Waals surface area contributed by atoms with Gasteiger partial charge in [0.05, 0.1) is 23.8 Å². The van der Waals surface area contributed by atoms with Gasteiger partial charge in [-0.25, -0.2) is 22.4 Å². The predicted molar refractivity (Wildman–Crippen MR) is 191 cm³/mol. The third kappa shape index (κ3) is 8.65. The fourth-order valence-electron chi connectivity index (χ4n) is 6.93. The number of nitriles is 1. The number of hydrogen-bond donors (Lipinski definition) is 2. The lowest BCUT2D eigenvalue weighted by Gasteiger charge is -2.38. The number of methoxy groups -OCH3 is 1. The first-order valence-electron chi connectivity index (χ1n) is 17.4. The lowest BCUT2D eigenvalue weighted by atomic mass is 9.77. The Bertz CT molecular complexity index is 1880. The molecular formula is C39H43ClF4N4O5. The van der Waals surface area contributed by atoms with E-state index >= 15 is 8.78 Å². The third-order valence-electron chi connectivity index (χ3n) is 9.70. The number of nitrogens with one attached hydrogen (secondary N) is 2. The zero-order chi connectivity index (χ0) is 38.7. The van der Waals surface area contributed by atoms with Crippen LogP contribution in [0.15, 0.2) is 48.5 Å². The maximum absolute atomic E-state index is 15.9. The quantitative estimate of drug-likeness (QED) is 0.190. The topological polar surface area (TPSA) is 113 Å². The number of alkyl halides is 2. The predicted octanol–water partition coefficient (Wildman–Crippen LogP) is 8.08. The largest absolute Gasteiger partial charge is 0.494 e. The number of likely N-dealkylation sites (tertiary alicyclic amines) is 1. The van der Waals surface area contributed by atoms with Crippen molar-refractivity contribution in [3.8, 4) is 28.7 Å². The molecule has 0 spiro atoms. The summed E-state index contributed by atoms with van der Waals surface area (Å²) in [4.78, 5) is 26.2. The number of hydrogen-bond acceptors (Lipinski definition) is 7. The number of ether oxygens (including phenoxy) is 3. The monoisotopic (exact) mass is 758 g/mol. The highest BCUT2D eigenvalue weighted by Gasteiger charge is 2.50. The number of amides is 2. The highest BCUT2D eigenvalue weighted by Crippen LogP contribution is 2.56. The average Bonchev–Trinajstić information content (AvgIpc) is 3.40. The molecule has 0 saturated carbocycles. The zero-order valence-electron chi connectivity index (χ0n) is 30.3. The maximum atomic E-state index is 15.9. The Morgan fingerprint density at radius 3 is 2.40 bits per heavy atom.